The van der Waals surface area contributed by atoms with Crippen molar-refractivity contribution in [3.8, 4) is 0 Å². The van der Waals surface area contributed by atoms with E-state index < -0.39 is 11.4 Å². The smallest absolute Gasteiger partial charge is 0.317 e. The van der Waals surface area contributed by atoms with Crippen LogP contribution in [0.4, 0.5) is 4.79 Å². The monoisotopic (exact) mass is 306 g/mol. The molecule has 1 N–H and O–H groups in total. The largest absolute Gasteiger partial charge is 0.352 e. The quantitative estimate of drug-likeness (QED) is 0.640. The fraction of sp³-hybridized carbons (Fsp3) is 0.273. The van der Waals surface area contributed by atoms with Gasteiger partial charge in [0.05, 0.1) is 0 Å². The molecule has 7 heteroatoms. The maximum Gasteiger partial charge on any atom is 0.317 e. The summed E-state index contributed by atoms with van der Waals surface area (Å²) in [6.07, 6.45) is 0. The Labute approximate surface area is 119 Å². The van der Waals surface area contributed by atoms with Crippen LogP contribution < -0.4 is 5.32 Å². The van der Waals surface area contributed by atoms with Gasteiger partial charge in [-0.3, -0.25) is 9.59 Å². The van der Waals surface area contributed by atoms with Crippen molar-refractivity contribution in [1.82, 2.24) is 10.2 Å². The van der Waals surface area contributed by atoms with Gasteiger partial charge in [-0.05, 0) is 23.7 Å². The Morgan fingerprint density at radius 3 is 2.72 bits per heavy atom. The summed E-state index contributed by atoms with van der Waals surface area (Å²) >= 11 is 17.3. The van der Waals surface area contributed by atoms with Crippen LogP contribution in [0.2, 0.25) is 10.0 Å². The lowest BCUT2D eigenvalue weighted by molar-refractivity contribution is -0.127. The third-order valence-electron chi connectivity index (χ3n) is 2.69. The number of halogens is 3. The maximum atomic E-state index is 11.9. The fourth-order valence-corrected chi connectivity index (χ4v) is 2.58. The number of nitrogens with one attached hydrogen (secondary N) is 1. The lowest BCUT2D eigenvalue weighted by atomic mass is 10.0. The normalized spacial score (nSPS) is 19.6. The van der Waals surface area contributed by atoms with Crippen molar-refractivity contribution < 1.29 is 9.59 Å². The predicted octanol–water partition coefficient (Wildman–Crippen LogP) is 2.83. The first-order valence-electron chi connectivity index (χ1n) is 5.19. The molecule has 1 atom stereocenters. The first-order chi connectivity index (χ1) is 8.50. The molecule has 1 aromatic carbocycles. The molecule has 1 saturated heterocycles. The molecule has 96 valence electrons. The molecular formula is C11H9Cl3N2O2. The first-order valence-corrected chi connectivity index (χ1v) is 6.33. The summed E-state index contributed by atoms with van der Waals surface area (Å²) in [6.45, 7) is 0.719. The lowest BCUT2D eigenvalue weighted by Crippen LogP contribution is -2.50. The van der Waals surface area contributed by atoms with Crippen LogP contribution in [0.3, 0.4) is 0 Å². The van der Waals surface area contributed by atoms with E-state index >= 15 is 0 Å². The van der Waals surface area contributed by atoms with E-state index in [1.807, 2.05) is 0 Å². The number of amides is 2. The molecule has 0 bridgehead atoms. The Bertz CT molecular complexity index is 507. The number of benzene rings is 1. The zero-order chi connectivity index (χ0) is 13.3. The van der Waals surface area contributed by atoms with Gasteiger partial charge in [0.1, 0.15) is 6.04 Å². The van der Waals surface area contributed by atoms with Gasteiger partial charge >= 0.3 is 5.37 Å². The average Bonchev–Trinajstić information content (AvgIpc) is 2.29. The molecule has 1 heterocycles. The van der Waals surface area contributed by atoms with E-state index in [1.165, 1.54) is 11.0 Å². The van der Waals surface area contributed by atoms with Gasteiger partial charge in [-0.2, -0.15) is 0 Å². The van der Waals surface area contributed by atoms with Crippen molar-refractivity contribution in [3.05, 3.63) is 33.8 Å². The SMILES string of the molecule is O=C1NCCN(C(=O)Cl)C1c1ccc(Cl)cc1Cl. The van der Waals surface area contributed by atoms with Crippen molar-refractivity contribution in [2.75, 3.05) is 13.1 Å². The molecule has 18 heavy (non-hydrogen) atoms. The second kappa shape index (κ2) is 5.34. The van der Waals surface area contributed by atoms with Crippen LogP contribution in [0, 0.1) is 0 Å². The summed E-state index contributed by atoms with van der Waals surface area (Å²) in [5.41, 5.74) is 0.507. The van der Waals surface area contributed by atoms with Crippen LogP contribution in [0.5, 0.6) is 0 Å². The Morgan fingerprint density at radius 1 is 1.39 bits per heavy atom. The van der Waals surface area contributed by atoms with E-state index in [9.17, 15) is 9.59 Å². The number of piperazine rings is 1. The summed E-state index contributed by atoms with van der Waals surface area (Å²) < 4.78 is 0. The molecule has 0 aliphatic carbocycles. The van der Waals surface area contributed by atoms with Gasteiger partial charge in [0.2, 0.25) is 5.91 Å². The second-order valence-corrected chi connectivity index (χ2v) is 4.97. The van der Waals surface area contributed by atoms with Crippen LogP contribution in [-0.2, 0) is 4.79 Å². The van der Waals surface area contributed by atoms with Crippen LogP contribution in [0.1, 0.15) is 11.6 Å². The van der Waals surface area contributed by atoms with E-state index in [-0.39, 0.29) is 5.91 Å². The van der Waals surface area contributed by atoms with Crippen LogP contribution in [0.25, 0.3) is 0 Å². The van der Waals surface area contributed by atoms with Crippen molar-refractivity contribution >= 4 is 46.1 Å². The summed E-state index contributed by atoms with van der Waals surface area (Å²) in [5.74, 6) is -0.306. The minimum Gasteiger partial charge on any atom is -0.352 e. The minimum absolute atomic E-state index is 0.306. The van der Waals surface area contributed by atoms with E-state index in [2.05, 4.69) is 5.32 Å². The standard InChI is InChI=1S/C11H9Cl3N2O2/c12-6-1-2-7(8(13)5-6)9-10(17)15-3-4-16(9)11(14)18/h1-2,5,9H,3-4H2,(H,15,17). The van der Waals surface area contributed by atoms with Crippen molar-refractivity contribution in [1.29, 1.82) is 0 Å². The molecule has 1 fully saturated rings. The highest BCUT2D eigenvalue weighted by Gasteiger charge is 2.34. The highest BCUT2D eigenvalue weighted by molar-refractivity contribution is 6.63. The molecule has 0 radical (unpaired) electrons. The van der Waals surface area contributed by atoms with E-state index in [0.717, 1.165) is 0 Å². The summed E-state index contributed by atoms with van der Waals surface area (Å²) in [5, 5.41) is 2.78. The van der Waals surface area contributed by atoms with Gasteiger partial charge in [-0.15, -0.1) is 0 Å². The van der Waals surface area contributed by atoms with Crippen LogP contribution in [-0.4, -0.2) is 29.3 Å². The number of rotatable bonds is 1. The third-order valence-corrected chi connectivity index (χ3v) is 3.47. The van der Waals surface area contributed by atoms with Gasteiger partial charge in [-0.25, -0.2) is 0 Å². The number of hydrogen-bond acceptors (Lipinski definition) is 2. The molecule has 2 amide bonds. The lowest BCUT2D eigenvalue weighted by Gasteiger charge is -2.34. The second-order valence-electron chi connectivity index (χ2n) is 3.81. The number of carbonyl (C=O) groups excluding carboxylic acids is 2. The van der Waals surface area contributed by atoms with Gasteiger partial charge < -0.3 is 10.2 Å². The van der Waals surface area contributed by atoms with E-state index in [1.54, 1.807) is 12.1 Å². The molecule has 1 aliphatic heterocycles. The summed E-state index contributed by atoms with van der Waals surface area (Å²) in [7, 11) is 0. The molecule has 4 nitrogen and oxygen atoms in total. The highest BCUT2D eigenvalue weighted by Crippen LogP contribution is 2.31. The predicted molar refractivity (Wildman–Crippen MR) is 70.2 cm³/mol. The molecule has 1 unspecified atom stereocenters. The average molecular weight is 308 g/mol. The highest BCUT2D eigenvalue weighted by atomic mass is 35.5. The Hall–Kier alpha value is -0.970. The van der Waals surface area contributed by atoms with Crippen molar-refractivity contribution in [2.45, 2.75) is 6.04 Å². The minimum atomic E-state index is -0.812. The Kier molecular flexibility index (Phi) is 4.00. The van der Waals surface area contributed by atoms with Gasteiger partial charge in [0.15, 0.2) is 0 Å². The Balaban J connectivity index is 2.43. The van der Waals surface area contributed by atoms with E-state index in [4.69, 9.17) is 34.8 Å². The van der Waals surface area contributed by atoms with Gasteiger partial charge in [0.25, 0.3) is 0 Å². The maximum absolute atomic E-state index is 11.9. The van der Waals surface area contributed by atoms with Gasteiger partial charge in [-0.1, -0.05) is 29.3 Å². The molecule has 0 saturated carbocycles. The van der Waals surface area contributed by atoms with Crippen LogP contribution in [0.15, 0.2) is 18.2 Å². The number of carbonyl (C=O) groups is 2. The fourth-order valence-electron chi connectivity index (χ4n) is 1.89. The molecule has 2 rings (SSSR count). The summed E-state index contributed by atoms with van der Waals surface area (Å²) in [4.78, 5) is 24.5. The third kappa shape index (κ3) is 2.55. The van der Waals surface area contributed by atoms with Crippen molar-refractivity contribution in [2.24, 2.45) is 0 Å². The summed E-state index contributed by atoms with van der Waals surface area (Å²) in [6, 6.07) is 3.94. The molecular weight excluding hydrogens is 298 g/mol. The zero-order valence-corrected chi connectivity index (χ0v) is 11.4. The number of hydrogen-bond donors (Lipinski definition) is 1. The molecule has 1 aromatic rings. The zero-order valence-electron chi connectivity index (χ0n) is 9.12. The Morgan fingerprint density at radius 2 is 2.11 bits per heavy atom. The van der Waals surface area contributed by atoms with Crippen LogP contribution >= 0.6 is 34.8 Å². The topological polar surface area (TPSA) is 49.4 Å². The molecule has 1 aliphatic rings. The molecule has 0 spiro atoms. The van der Waals surface area contributed by atoms with Gasteiger partial charge in [0, 0.05) is 28.7 Å². The van der Waals surface area contributed by atoms with Crippen molar-refractivity contribution in [3.63, 3.8) is 0 Å². The molecule has 0 aromatic heterocycles. The number of nitrogens with zero attached hydrogens (tertiary/aromatic N) is 1. The van der Waals surface area contributed by atoms with E-state index in [0.29, 0.717) is 28.7 Å². The first kappa shape index (κ1) is 13.5.